The molecule has 0 saturated carbocycles. The van der Waals surface area contributed by atoms with Crippen molar-refractivity contribution in [3.63, 3.8) is 0 Å². The second kappa shape index (κ2) is 5.00. The number of hydrogen-bond acceptors (Lipinski definition) is 3. The van der Waals surface area contributed by atoms with E-state index in [0.717, 1.165) is 29.1 Å². The van der Waals surface area contributed by atoms with E-state index in [2.05, 4.69) is 31.1 Å². The third-order valence-electron chi connectivity index (χ3n) is 2.93. The standard InChI is InChI=1S/C13H21N3S/c1-6-13(4,5)16-10-7-8(2)15-9(3)11(10)12(14)17/h7H,6H2,1-5H3,(H2,14,17)(H,15,16). The van der Waals surface area contributed by atoms with Crippen LogP contribution in [0.5, 0.6) is 0 Å². The smallest absolute Gasteiger partial charge is 0.107 e. The lowest BCUT2D eigenvalue weighted by Crippen LogP contribution is -2.31. The SMILES string of the molecule is CCC(C)(C)Nc1cc(C)nc(C)c1C(N)=S. The molecule has 0 aliphatic rings. The number of hydrogen-bond donors (Lipinski definition) is 2. The Morgan fingerprint density at radius 1 is 1.47 bits per heavy atom. The third-order valence-corrected chi connectivity index (χ3v) is 3.14. The highest BCUT2D eigenvalue weighted by Crippen LogP contribution is 2.24. The summed E-state index contributed by atoms with van der Waals surface area (Å²) in [6.07, 6.45) is 1.02. The first-order valence-corrected chi connectivity index (χ1v) is 6.24. The summed E-state index contributed by atoms with van der Waals surface area (Å²) in [5, 5.41) is 3.49. The third kappa shape index (κ3) is 3.40. The van der Waals surface area contributed by atoms with Crippen molar-refractivity contribution in [3.8, 4) is 0 Å². The van der Waals surface area contributed by atoms with Crippen molar-refractivity contribution in [2.24, 2.45) is 5.73 Å². The molecule has 0 bridgehead atoms. The fourth-order valence-electron chi connectivity index (χ4n) is 1.69. The molecule has 0 aliphatic carbocycles. The highest BCUT2D eigenvalue weighted by atomic mass is 32.1. The van der Waals surface area contributed by atoms with E-state index in [1.165, 1.54) is 0 Å². The van der Waals surface area contributed by atoms with Crippen LogP contribution in [0.15, 0.2) is 6.07 Å². The Bertz CT molecular complexity index is 439. The van der Waals surface area contributed by atoms with E-state index in [1.54, 1.807) is 0 Å². The van der Waals surface area contributed by atoms with Crippen molar-refractivity contribution in [2.45, 2.75) is 46.6 Å². The second-order valence-corrected chi connectivity index (χ2v) is 5.44. The van der Waals surface area contributed by atoms with Gasteiger partial charge in [-0.1, -0.05) is 19.1 Å². The van der Waals surface area contributed by atoms with Crippen LogP contribution in [-0.4, -0.2) is 15.5 Å². The van der Waals surface area contributed by atoms with Gasteiger partial charge in [-0.25, -0.2) is 0 Å². The molecule has 1 aromatic rings. The lowest BCUT2D eigenvalue weighted by molar-refractivity contribution is 0.547. The van der Waals surface area contributed by atoms with Crippen LogP contribution in [-0.2, 0) is 0 Å². The summed E-state index contributed by atoms with van der Waals surface area (Å²) in [5.74, 6) is 0. The molecule has 0 amide bonds. The molecule has 0 unspecified atom stereocenters. The van der Waals surface area contributed by atoms with Crippen LogP contribution in [0.4, 0.5) is 5.69 Å². The van der Waals surface area contributed by atoms with Crippen molar-refractivity contribution < 1.29 is 0 Å². The first-order chi connectivity index (χ1) is 7.76. The molecule has 0 atom stereocenters. The van der Waals surface area contributed by atoms with Crippen molar-refractivity contribution in [1.29, 1.82) is 0 Å². The number of aryl methyl sites for hydroxylation is 2. The van der Waals surface area contributed by atoms with Crippen LogP contribution in [0, 0.1) is 13.8 Å². The predicted molar refractivity (Wildman–Crippen MR) is 77.6 cm³/mol. The molecule has 1 aromatic heterocycles. The number of aromatic nitrogens is 1. The number of nitrogens with two attached hydrogens (primary N) is 1. The quantitative estimate of drug-likeness (QED) is 0.808. The van der Waals surface area contributed by atoms with Gasteiger partial charge in [-0.3, -0.25) is 4.98 Å². The fraction of sp³-hybridized carbons (Fsp3) is 0.538. The number of anilines is 1. The molecule has 1 rings (SSSR count). The van der Waals surface area contributed by atoms with E-state index >= 15 is 0 Å². The summed E-state index contributed by atoms with van der Waals surface area (Å²) in [5.41, 5.74) is 9.48. The van der Waals surface area contributed by atoms with Gasteiger partial charge in [-0.05, 0) is 40.2 Å². The first-order valence-electron chi connectivity index (χ1n) is 5.83. The lowest BCUT2D eigenvalue weighted by Gasteiger charge is -2.28. The van der Waals surface area contributed by atoms with Gasteiger partial charge in [-0.15, -0.1) is 0 Å². The summed E-state index contributed by atoms with van der Waals surface area (Å²) >= 11 is 5.10. The van der Waals surface area contributed by atoms with Crippen LogP contribution in [0.3, 0.4) is 0 Å². The minimum absolute atomic E-state index is 0.0137. The van der Waals surface area contributed by atoms with Crippen molar-refractivity contribution in [1.82, 2.24) is 4.98 Å². The van der Waals surface area contributed by atoms with Crippen LogP contribution < -0.4 is 11.1 Å². The summed E-state index contributed by atoms with van der Waals surface area (Å²) in [6.45, 7) is 10.4. The maximum absolute atomic E-state index is 5.78. The molecule has 0 spiro atoms. The molecule has 3 N–H and O–H groups in total. The second-order valence-electron chi connectivity index (χ2n) is 5.00. The van der Waals surface area contributed by atoms with Crippen LogP contribution in [0.1, 0.15) is 44.1 Å². The van der Waals surface area contributed by atoms with Crippen LogP contribution in [0.2, 0.25) is 0 Å². The van der Waals surface area contributed by atoms with Gasteiger partial charge in [0, 0.05) is 22.6 Å². The summed E-state index contributed by atoms with van der Waals surface area (Å²) in [7, 11) is 0. The van der Waals surface area contributed by atoms with Crippen LogP contribution in [0.25, 0.3) is 0 Å². The maximum atomic E-state index is 5.78. The van der Waals surface area contributed by atoms with E-state index in [1.807, 2.05) is 19.9 Å². The Morgan fingerprint density at radius 3 is 2.53 bits per heavy atom. The molecule has 4 heteroatoms. The number of rotatable bonds is 4. The first kappa shape index (κ1) is 13.9. The molecular formula is C13H21N3S. The highest BCUT2D eigenvalue weighted by Gasteiger charge is 2.18. The summed E-state index contributed by atoms with van der Waals surface area (Å²) < 4.78 is 0. The van der Waals surface area contributed by atoms with E-state index in [4.69, 9.17) is 18.0 Å². The van der Waals surface area contributed by atoms with Gasteiger partial charge in [0.15, 0.2) is 0 Å². The molecule has 0 saturated heterocycles. The van der Waals surface area contributed by atoms with E-state index in [9.17, 15) is 0 Å². The molecule has 0 radical (unpaired) electrons. The summed E-state index contributed by atoms with van der Waals surface area (Å²) in [6, 6.07) is 2.00. The molecule has 17 heavy (non-hydrogen) atoms. The number of nitrogens with one attached hydrogen (secondary N) is 1. The number of thiocarbonyl (C=S) groups is 1. The topological polar surface area (TPSA) is 50.9 Å². The molecule has 0 aliphatic heterocycles. The Hall–Kier alpha value is -1.16. The monoisotopic (exact) mass is 251 g/mol. The van der Waals surface area contributed by atoms with Gasteiger partial charge in [0.2, 0.25) is 0 Å². The van der Waals surface area contributed by atoms with E-state index in [-0.39, 0.29) is 5.54 Å². The molecule has 3 nitrogen and oxygen atoms in total. The zero-order valence-corrected chi connectivity index (χ0v) is 12.0. The number of nitrogens with zero attached hydrogens (tertiary/aromatic N) is 1. The molecule has 0 fully saturated rings. The average molecular weight is 251 g/mol. The van der Waals surface area contributed by atoms with E-state index in [0.29, 0.717) is 4.99 Å². The minimum Gasteiger partial charge on any atom is -0.389 e. The van der Waals surface area contributed by atoms with Crippen LogP contribution >= 0.6 is 12.2 Å². The Morgan fingerprint density at radius 2 is 2.06 bits per heavy atom. The van der Waals surface area contributed by atoms with Gasteiger partial charge in [0.05, 0.1) is 5.56 Å². The number of pyridine rings is 1. The zero-order valence-electron chi connectivity index (χ0n) is 11.2. The average Bonchev–Trinajstić information content (AvgIpc) is 2.14. The lowest BCUT2D eigenvalue weighted by atomic mass is 10.00. The Labute approximate surface area is 109 Å². The van der Waals surface area contributed by atoms with Gasteiger partial charge in [0.25, 0.3) is 0 Å². The Kier molecular flexibility index (Phi) is 4.09. The molecule has 1 heterocycles. The predicted octanol–water partition coefficient (Wildman–Crippen LogP) is 2.93. The molecule has 94 valence electrons. The minimum atomic E-state index is 0.0137. The molecule has 0 aromatic carbocycles. The van der Waals surface area contributed by atoms with Gasteiger partial charge < -0.3 is 11.1 Å². The fourth-order valence-corrected chi connectivity index (χ4v) is 1.95. The van der Waals surface area contributed by atoms with Crippen molar-refractivity contribution >= 4 is 22.9 Å². The Balaban J connectivity index is 3.26. The maximum Gasteiger partial charge on any atom is 0.107 e. The zero-order chi connectivity index (χ0) is 13.2. The van der Waals surface area contributed by atoms with Gasteiger partial charge in [-0.2, -0.15) is 0 Å². The van der Waals surface area contributed by atoms with Gasteiger partial charge >= 0.3 is 0 Å². The van der Waals surface area contributed by atoms with E-state index < -0.39 is 0 Å². The van der Waals surface area contributed by atoms with Gasteiger partial charge in [0.1, 0.15) is 4.99 Å². The normalized spacial score (nSPS) is 11.4. The largest absolute Gasteiger partial charge is 0.389 e. The summed E-state index contributed by atoms with van der Waals surface area (Å²) in [4.78, 5) is 4.80. The van der Waals surface area contributed by atoms with Crippen molar-refractivity contribution in [2.75, 3.05) is 5.32 Å². The highest BCUT2D eigenvalue weighted by molar-refractivity contribution is 7.80. The van der Waals surface area contributed by atoms with Crippen molar-refractivity contribution in [3.05, 3.63) is 23.0 Å². The molecular weight excluding hydrogens is 230 g/mol.